The third-order valence-corrected chi connectivity index (χ3v) is 7.19. The Morgan fingerprint density at radius 3 is 2.43 bits per heavy atom. The standard InChI is InChI=1S/C14H16BrNO3S2/c1-3-13(10-4-6-11(19-2)7-5-10)16-21(17,18)14-12(15)8-9-20-14/h4-9,13,16H,3H2,1-2H3. The Kier molecular flexibility index (Phi) is 5.43. The van der Waals surface area contributed by atoms with Gasteiger partial charge in [-0.1, -0.05) is 19.1 Å². The van der Waals surface area contributed by atoms with E-state index in [1.54, 1.807) is 18.6 Å². The molecule has 0 aliphatic rings. The normalized spacial score (nSPS) is 13.1. The van der Waals surface area contributed by atoms with Crippen molar-refractivity contribution < 1.29 is 13.2 Å². The van der Waals surface area contributed by atoms with Crippen molar-refractivity contribution in [2.45, 2.75) is 23.6 Å². The fourth-order valence-electron chi connectivity index (χ4n) is 1.94. The van der Waals surface area contributed by atoms with E-state index < -0.39 is 10.0 Å². The Labute approximate surface area is 137 Å². The zero-order valence-corrected chi connectivity index (χ0v) is 14.9. The predicted octanol–water partition coefficient (Wildman–Crippen LogP) is 3.95. The van der Waals surface area contributed by atoms with Gasteiger partial charge in [-0.2, -0.15) is 0 Å². The zero-order chi connectivity index (χ0) is 15.5. The second-order valence-corrected chi connectivity index (χ2v) is 8.09. The van der Waals surface area contributed by atoms with Gasteiger partial charge in [0, 0.05) is 10.5 Å². The highest BCUT2D eigenvalue weighted by atomic mass is 79.9. The molecule has 1 aromatic heterocycles. The third kappa shape index (κ3) is 3.85. The molecule has 2 aromatic rings. The van der Waals surface area contributed by atoms with E-state index in [1.165, 1.54) is 11.3 Å². The minimum Gasteiger partial charge on any atom is -0.497 e. The molecule has 0 bridgehead atoms. The van der Waals surface area contributed by atoms with Crippen LogP contribution in [-0.2, 0) is 10.0 Å². The number of rotatable bonds is 6. The van der Waals surface area contributed by atoms with Crippen molar-refractivity contribution in [1.29, 1.82) is 0 Å². The van der Waals surface area contributed by atoms with Gasteiger partial charge in [0.05, 0.1) is 7.11 Å². The number of sulfonamides is 1. The first kappa shape index (κ1) is 16.5. The van der Waals surface area contributed by atoms with Crippen LogP contribution in [0.3, 0.4) is 0 Å². The lowest BCUT2D eigenvalue weighted by molar-refractivity contribution is 0.414. The predicted molar refractivity (Wildman–Crippen MR) is 88.4 cm³/mol. The van der Waals surface area contributed by atoms with Gasteiger partial charge in [-0.05, 0) is 51.5 Å². The zero-order valence-electron chi connectivity index (χ0n) is 11.7. The fraction of sp³-hybridized carbons (Fsp3) is 0.286. The quantitative estimate of drug-likeness (QED) is 0.813. The molecule has 1 N–H and O–H groups in total. The Hall–Kier alpha value is -0.890. The molecule has 0 radical (unpaired) electrons. The van der Waals surface area contributed by atoms with Crippen molar-refractivity contribution in [2.75, 3.05) is 7.11 Å². The van der Waals surface area contributed by atoms with E-state index in [0.29, 0.717) is 15.1 Å². The highest BCUT2D eigenvalue weighted by Crippen LogP contribution is 2.29. The summed E-state index contributed by atoms with van der Waals surface area (Å²) in [4.78, 5) is 0. The molecule has 1 atom stereocenters. The van der Waals surface area contributed by atoms with E-state index in [2.05, 4.69) is 20.7 Å². The number of methoxy groups -OCH3 is 1. The molecule has 4 nitrogen and oxygen atoms in total. The highest BCUT2D eigenvalue weighted by molar-refractivity contribution is 9.10. The summed E-state index contributed by atoms with van der Waals surface area (Å²) in [6, 6.07) is 8.86. The lowest BCUT2D eigenvalue weighted by Crippen LogP contribution is -2.28. The van der Waals surface area contributed by atoms with Crippen LogP contribution in [0, 0.1) is 0 Å². The van der Waals surface area contributed by atoms with Gasteiger partial charge in [0.15, 0.2) is 0 Å². The molecule has 0 aliphatic carbocycles. The summed E-state index contributed by atoms with van der Waals surface area (Å²) in [5, 5.41) is 1.74. The number of benzene rings is 1. The SMILES string of the molecule is CCC(NS(=O)(=O)c1sccc1Br)c1ccc(OC)cc1. The molecular weight excluding hydrogens is 374 g/mol. The van der Waals surface area contributed by atoms with Crippen LogP contribution < -0.4 is 9.46 Å². The first-order valence-electron chi connectivity index (χ1n) is 6.37. The Morgan fingerprint density at radius 1 is 1.29 bits per heavy atom. The molecule has 114 valence electrons. The Morgan fingerprint density at radius 2 is 1.95 bits per heavy atom. The van der Waals surface area contributed by atoms with Crippen LogP contribution in [0.1, 0.15) is 24.9 Å². The second kappa shape index (κ2) is 6.91. The number of hydrogen-bond donors (Lipinski definition) is 1. The van der Waals surface area contributed by atoms with Gasteiger partial charge >= 0.3 is 0 Å². The van der Waals surface area contributed by atoms with Gasteiger partial charge in [-0.25, -0.2) is 13.1 Å². The lowest BCUT2D eigenvalue weighted by Gasteiger charge is -2.17. The van der Waals surface area contributed by atoms with Gasteiger partial charge in [0.1, 0.15) is 9.96 Å². The van der Waals surface area contributed by atoms with Crippen LogP contribution in [0.15, 0.2) is 44.4 Å². The average Bonchev–Trinajstić information content (AvgIpc) is 2.92. The summed E-state index contributed by atoms with van der Waals surface area (Å²) >= 11 is 4.46. The number of thiophene rings is 1. The van der Waals surface area contributed by atoms with E-state index in [-0.39, 0.29) is 6.04 Å². The highest BCUT2D eigenvalue weighted by Gasteiger charge is 2.23. The summed E-state index contributed by atoms with van der Waals surface area (Å²) in [5.74, 6) is 0.748. The van der Waals surface area contributed by atoms with E-state index >= 15 is 0 Å². The van der Waals surface area contributed by atoms with Crippen LogP contribution >= 0.6 is 27.3 Å². The lowest BCUT2D eigenvalue weighted by atomic mass is 10.1. The number of hydrogen-bond acceptors (Lipinski definition) is 4. The molecule has 0 fully saturated rings. The van der Waals surface area contributed by atoms with E-state index in [9.17, 15) is 8.42 Å². The van der Waals surface area contributed by atoms with E-state index in [4.69, 9.17) is 4.74 Å². The van der Waals surface area contributed by atoms with Crippen LogP contribution in [0.25, 0.3) is 0 Å². The third-order valence-electron chi connectivity index (χ3n) is 3.05. The van der Waals surface area contributed by atoms with Crippen molar-refractivity contribution in [1.82, 2.24) is 4.72 Å². The molecule has 0 spiro atoms. The van der Waals surface area contributed by atoms with Gasteiger partial charge in [-0.3, -0.25) is 0 Å². The number of nitrogens with one attached hydrogen (secondary N) is 1. The molecule has 0 aliphatic heterocycles. The molecule has 0 saturated carbocycles. The van der Waals surface area contributed by atoms with Crippen LogP contribution in [0.4, 0.5) is 0 Å². The minimum atomic E-state index is -3.53. The Balaban J connectivity index is 2.24. The van der Waals surface area contributed by atoms with Crippen molar-refractivity contribution in [3.8, 4) is 5.75 Å². The number of halogens is 1. The first-order valence-corrected chi connectivity index (χ1v) is 9.52. The summed E-state index contributed by atoms with van der Waals surface area (Å²) in [6.45, 7) is 1.95. The molecule has 1 aromatic carbocycles. The summed E-state index contributed by atoms with van der Waals surface area (Å²) < 4.78 is 33.6. The van der Waals surface area contributed by atoms with Crippen molar-refractivity contribution in [3.63, 3.8) is 0 Å². The van der Waals surface area contributed by atoms with E-state index in [1.807, 2.05) is 31.2 Å². The summed E-state index contributed by atoms with van der Waals surface area (Å²) in [5.41, 5.74) is 0.912. The maximum atomic E-state index is 12.4. The van der Waals surface area contributed by atoms with Crippen LogP contribution in [0.5, 0.6) is 5.75 Å². The molecule has 2 rings (SSSR count). The second-order valence-electron chi connectivity index (χ2n) is 4.41. The van der Waals surface area contributed by atoms with Gasteiger partial charge < -0.3 is 4.74 Å². The smallest absolute Gasteiger partial charge is 0.251 e. The first-order chi connectivity index (χ1) is 9.97. The van der Waals surface area contributed by atoms with Gasteiger partial charge in [-0.15, -0.1) is 11.3 Å². The molecule has 0 saturated heterocycles. The molecule has 7 heteroatoms. The van der Waals surface area contributed by atoms with Crippen molar-refractivity contribution in [2.24, 2.45) is 0 Å². The van der Waals surface area contributed by atoms with E-state index in [0.717, 1.165) is 11.3 Å². The Bertz CT molecular complexity index is 695. The molecule has 0 amide bonds. The largest absolute Gasteiger partial charge is 0.497 e. The maximum absolute atomic E-state index is 12.4. The summed E-state index contributed by atoms with van der Waals surface area (Å²) in [6.07, 6.45) is 0.661. The topological polar surface area (TPSA) is 55.4 Å². The molecule has 1 unspecified atom stereocenters. The minimum absolute atomic E-state index is 0.269. The van der Waals surface area contributed by atoms with Crippen molar-refractivity contribution >= 4 is 37.3 Å². The van der Waals surface area contributed by atoms with Crippen LogP contribution in [-0.4, -0.2) is 15.5 Å². The molecular formula is C14H16BrNO3S2. The van der Waals surface area contributed by atoms with Crippen LogP contribution in [0.2, 0.25) is 0 Å². The molecule has 21 heavy (non-hydrogen) atoms. The van der Waals surface area contributed by atoms with Gasteiger partial charge in [0.2, 0.25) is 0 Å². The summed E-state index contributed by atoms with van der Waals surface area (Å²) in [7, 11) is -1.93. The maximum Gasteiger partial charge on any atom is 0.251 e. The molecule has 1 heterocycles. The average molecular weight is 390 g/mol. The number of ether oxygens (including phenoxy) is 1. The van der Waals surface area contributed by atoms with Crippen molar-refractivity contribution in [3.05, 3.63) is 45.7 Å². The fourth-order valence-corrected chi connectivity index (χ4v) is 5.60. The van der Waals surface area contributed by atoms with Gasteiger partial charge in [0.25, 0.3) is 10.0 Å². The monoisotopic (exact) mass is 389 g/mol.